The minimum Gasteiger partial charge on any atom is -0.309 e. The lowest BCUT2D eigenvalue weighted by Crippen LogP contribution is -2.31. The molecule has 0 aromatic heterocycles. The molecule has 4 nitrogen and oxygen atoms in total. The topological polar surface area (TPSA) is 51.5 Å². The van der Waals surface area contributed by atoms with Gasteiger partial charge in [0.25, 0.3) is 0 Å². The number of nitriles is 1. The van der Waals surface area contributed by atoms with E-state index in [-0.39, 0.29) is 6.10 Å². The highest BCUT2D eigenvalue weighted by Gasteiger charge is 2.41. The SMILES string of the molecule is CCOP(=S)(OCC)OC1CSC(C#N)(c2ccc(Cl)cc2)SC1. The molecule has 0 atom stereocenters. The van der Waals surface area contributed by atoms with E-state index in [2.05, 4.69) is 6.07 Å². The number of nitrogens with zero attached hydrogens (tertiary/aromatic N) is 1. The molecule has 0 saturated carbocycles. The second-order valence-electron chi connectivity index (χ2n) is 4.87. The van der Waals surface area contributed by atoms with Gasteiger partial charge >= 0.3 is 6.72 Å². The number of rotatable bonds is 7. The molecule has 1 aliphatic rings. The van der Waals surface area contributed by atoms with Crippen molar-refractivity contribution in [2.24, 2.45) is 0 Å². The Hall–Kier alpha value is 0.230. The zero-order chi connectivity index (χ0) is 17.6. The Labute approximate surface area is 161 Å². The molecule has 0 spiro atoms. The molecule has 0 N–H and O–H groups in total. The molecule has 0 amide bonds. The molecule has 1 heterocycles. The van der Waals surface area contributed by atoms with Gasteiger partial charge in [-0.15, -0.1) is 23.5 Å². The van der Waals surface area contributed by atoms with Crippen LogP contribution in [0.2, 0.25) is 5.02 Å². The molecule has 1 fully saturated rings. The fourth-order valence-electron chi connectivity index (χ4n) is 2.13. The third-order valence-electron chi connectivity index (χ3n) is 3.17. The fraction of sp³-hybridized carbons (Fsp3) is 0.533. The maximum atomic E-state index is 9.72. The fourth-order valence-corrected chi connectivity index (χ4v) is 7.64. The van der Waals surface area contributed by atoms with Crippen LogP contribution in [-0.2, 0) is 29.5 Å². The van der Waals surface area contributed by atoms with Crippen molar-refractivity contribution in [2.45, 2.75) is 24.0 Å². The summed E-state index contributed by atoms with van der Waals surface area (Å²) in [7, 11) is 0. The molecule has 9 heteroatoms. The highest BCUT2D eigenvalue weighted by Crippen LogP contribution is 2.55. The van der Waals surface area contributed by atoms with Crippen LogP contribution in [-0.4, -0.2) is 30.8 Å². The predicted molar refractivity (Wildman–Crippen MR) is 106 cm³/mol. The first-order chi connectivity index (χ1) is 11.5. The Morgan fingerprint density at radius 3 is 2.25 bits per heavy atom. The number of hydrogen-bond donors (Lipinski definition) is 0. The van der Waals surface area contributed by atoms with E-state index in [9.17, 15) is 5.26 Å². The van der Waals surface area contributed by atoms with Crippen molar-refractivity contribution in [1.82, 2.24) is 0 Å². The van der Waals surface area contributed by atoms with Gasteiger partial charge in [0.15, 0.2) is 4.08 Å². The van der Waals surface area contributed by atoms with Crippen molar-refractivity contribution < 1.29 is 13.6 Å². The van der Waals surface area contributed by atoms with Crippen LogP contribution in [0.25, 0.3) is 0 Å². The number of benzene rings is 1. The summed E-state index contributed by atoms with van der Waals surface area (Å²) in [5, 5.41) is 10.4. The van der Waals surface area contributed by atoms with Gasteiger partial charge < -0.3 is 13.6 Å². The van der Waals surface area contributed by atoms with Gasteiger partial charge in [-0.05, 0) is 43.4 Å². The summed E-state index contributed by atoms with van der Waals surface area (Å²) < 4.78 is 16.4. The second kappa shape index (κ2) is 9.25. The van der Waals surface area contributed by atoms with Gasteiger partial charge in [-0.3, -0.25) is 0 Å². The van der Waals surface area contributed by atoms with Gasteiger partial charge in [-0.1, -0.05) is 23.7 Å². The van der Waals surface area contributed by atoms with E-state index in [1.165, 1.54) is 0 Å². The third-order valence-corrected chi connectivity index (χ3v) is 9.27. The first-order valence-electron chi connectivity index (χ1n) is 7.49. The van der Waals surface area contributed by atoms with E-state index in [1.807, 2.05) is 38.1 Å². The van der Waals surface area contributed by atoms with Crippen molar-refractivity contribution >= 4 is 53.7 Å². The highest BCUT2D eigenvalue weighted by atomic mass is 35.5. The lowest BCUT2D eigenvalue weighted by atomic mass is 10.1. The molecule has 0 unspecified atom stereocenters. The molecule has 132 valence electrons. The quantitative estimate of drug-likeness (QED) is 0.560. The summed E-state index contributed by atoms with van der Waals surface area (Å²) >= 11 is 14.5. The van der Waals surface area contributed by atoms with E-state index >= 15 is 0 Å². The summed E-state index contributed by atoms with van der Waals surface area (Å²) in [4.78, 5) is 0. The Morgan fingerprint density at radius 2 is 1.79 bits per heavy atom. The molecule has 24 heavy (non-hydrogen) atoms. The first kappa shape index (κ1) is 20.5. The number of hydrogen-bond acceptors (Lipinski definition) is 7. The summed E-state index contributed by atoms with van der Waals surface area (Å²) in [5.41, 5.74) is 0.942. The van der Waals surface area contributed by atoms with Crippen LogP contribution in [0, 0.1) is 11.3 Å². The van der Waals surface area contributed by atoms with Crippen molar-refractivity contribution in [2.75, 3.05) is 24.7 Å². The third kappa shape index (κ3) is 5.12. The van der Waals surface area contributed by atoms with E-state index in [1.54, 1.807) is 23.5 Å². The number of halogens is 1. The molecule has 0 radical (unpaired) electrons. The van der Waals surface area contributed by atoms with Crippen LogP contribution in [0.1, 0.15) is 19.4 Å². The first-order valence-corrected chi connectivity index (χ1v) is 12.4. The van der Waals surface area contributed by atoms with Crippen LogP contribution < -0.4 is 0 Å². The van der Waals surface area contributed by atoms with Gasteiger partial charge in [0.05, 0.1) is 25.4 Å². The van der Waals surface area contributed by atoms with Crippen LogP contribution in [0.15, 0.2) is 24.3 Å². The molecule has 2 rings (SSSR count). The summed E-state index contributed by atoms with van der Waals surface area (Å²) in [6.07, 6.45) is -0.0993. The van der Waals surface area contributed by atoms with E-state index < -0.39 is 10.8 Å². The molecule has 1 aromatic carbocycles. The van der Waals surface area contributed by atoms with Gasteiger partial charge in [0.2, 0.25) is 0 Å². The normalized spacial score (nSPS) is 24.5. The van der Waals surface area contributed by atoms with Crippen LogP contribution in [0.3, 0.4) is 0 Å². The Morgan fingerprint density at radius 1 is 1.25 bits per heavy atom. The lowest BCUT2D eigenvalue weighted by Gasteiger charge is -2.35. The minimum absolute atomic E-state index is 0.0993. The molecular formula is C15H19ClNO3PS3. The zero-order valence-electron chi connectivity index (χ0n) is 13.4. The van der Waals surface area contributed by atoms with Crippen molar-refractivity contribution in [3.63, 3.8) is 0 Å². The Kier molecular flexibility index (Phi) is 7.92. The molecule has 1 aliphatic heterocycles. The van der Waals surface area contributed by atoms with Gasteiger partial charge in [-0.25, -0.2) is 0 Å². The van der Waals surface area contributed by atoms with Crippen LogP contribution in [0.5, 0.6) is 0 Å². The van der Waals surface area contributed by atoms with Gasteiger partial charge in [0, 0.05) is 16.5 Å². The van der Waals surface area contributed by atoms with Gasteiger partial charge in [0.1, 0.15) is 0 Å². The summed E-state index contributed by atoms with van der Waals surface area (Å²) in [6.45, 7) is 1.94. The zero-order valence-corrected chi connectivity index (χ0v) is 17.5. The van der Waals surface area contributed by atoms with E-state index in [4.69, 9.17) is 37.0 Å². The van der Waals surface area contributed by atoms with Gasteiger partial charge in [-0.2, -0.15) is 5.26 Å². The minimum atomic E-state index is -2.71. The monoisotopic (exact) mass is 423 g/mol. The lowest BCUT2D eigenvalue weighted by molar-refractivity contribution is 0.141. The molecule has 1 saturated heterocycles. The second-order valence-corrected chi connectivity index (χ2v) is 11.0. The maximum Gasteiger partial charge on any atom is 0.327 e. The van der Waals surface area contributed by atoms with E-state index in [0.29, 0.717) is 29.7 Å². The predicted octanol–water partition coefficient (Wildman–Crippen LogP) is 5.18. The smallest absolute Gasteiger partial charge is 0.309 e. The Bertz CT molecular complexity index is 620. The molecular weight excluding hydrogens is 405 g/mol. The average Bonchev–Trinajstić information content (AvgIpc) is 2.57. The Balaban J connectivity index is 2.05. The van der Waals surface area contributed by atoms with Crippen molar-refractivity contribution in [3.05, 3.63) is 34.9 Å². The standard InChI is InChI=1S/C15H19ClNO3PS3/c1-3-18-21(22,19-4-2)20-14-9-23-15(11-17,24-10-14)12-5-7-13(16)8-6-12/h5-8,14H,3-4,9-10H2,1-2H3. The van der Waals surface area contributed by atoms with Crippen molar-refractivity contribution in [3.8, 4) is 6.07 Å². The summed E-state index contributed by atoms with van der Waals surface area (Å²) in [6, 6.07) is 9.85. The molecule has 0 aliphatic carbocycles. The van der Waals surface area contributed by atoms with Crippen LogP contribution >= 0.6 is 41.8 Å². The maximum absolute atomic E-state index is 9.72. The number of thioether (sulfide) groups is 2. The van der Waals surface area contributed by atoms with Crippen molar-refractivity contribution in [1.29, 1.82) is 5.26 Å². The van der Waals surface area contributed by atoms with E-state index in [0.717, 1.165) is 5.56 Å². The average molecular weight is 424 g/mol. The summed E-state index contributed by atoms with van der Waals surface area (Å²) in [5.74, 6) is 1.31. The highest BCUT2D eigenvalue weighted by molar-refractivity contribution is 8.18. The molecule has 1 aromatic rings. The molecule has 0 bridgehead atoms. The largest absolute Gasteiger partial charge is 0.327 e. The van der Waals surface area contributed by atoms with Crippen LogP contribution in [0.4, 0.5) is 0 Å².